The molecule has 41 heavy (non-hydrogen) atoms. The van der Waals surface area contributed by atoms with E-state index < -0.39 is 35.7 Å². The van der Waals surface area contributed by atoms with E-state index in [1.165, 1.54) is 11.3 Å². The molecule has 12 nitrogen and oxygen atoms in total. The largest absolute Gasteiger partial charge is 0.481 e. The maximum Gasteiger partial charge on any atom is 0.481 e. The van der Waals surface area contributed by atoms with Crippen molar-refractivity contribution in [3.8, 4) is 0 Å². The molecule has 1 aliphatic heterocycles. The normalized spacial score (nSPS) is 27.3. The van der Waals surface area contributed by atoms with Crippen LogP contribution in [0.3, 0.4) is 0 Å². The Hall–Kier alpha value is -2.71. The molecule has 2 bridgehead atoms. The topological polar surface area (TPSA) is 168 Å². The van der Waals surface area contributed by atoms with E-state index in [9.17, 15) is 19.7 Å². The summed E-state index contributed by atoms with van der Waals surface area (Å²) in [4.78, 5) is 37.1. The number of thiophene rings is 1. The first-order valence-electron chi connectivity index (χ1n) is 14.5. The summed E-state index contributed by atoms with van der Waals surface area (Å²) in [5.74, 6) is -0.149. The fourth-order valence-corrected chi connectivity index (χ4v) is 7.51. The Bertz CT molecular complexity index is 1120. The molecule has 226 valence electrons. The zero-order chi connectivity index (χ0) is 29.9. The van der Waals surface area contributed by atoms with Gasteiger partial charge in [0, 0.05) is 6.54 Å². The third-order valence-corrected chi connectivity index (χ3v) is 9.85. The molecule has 3 saturated carbocycles. The van der Waals surface area contributed by atoms with Crippen LogP contribution in [0.25, 0.3) is 0 Å². The number of rotatable bonds is 13. The molecule has 1 aromatic rings. The molecule has 2 amide bonds. The molecule has 2 heterocycles. The van der Waals surface area contributed by atoms with Crippen molar-refractivity contribution in [3.63, 3.8) is 0 Å². The van der Waals surface area contributed by atoms with Crippen LogP contribution >= 0.6 is 11.3 Å². The van der Waals surface area contributed by atoms with Crippen LogP contribution in [0.4, 0.5) is 0 Å². The Balaban J connectivity index is 1.42. The number of nitrogens with zero attached hydrogens (tertiary/aromatic N) is 1. The molecule has 1 aromatic heterocycles. The molecule has 5 N–H and O–H groups in total. The molecular formula is C27H43BN6O6S. The van der Waals surface area contributed by atoms with Gasteiger partial charge in [0.05, 0.1) is 24.1 Å². The maximum absolute atomic E-state index is 13.7. The van der Waals surface area contributed by atoms with Crippen molar-refractivity contribution in [2.75, 3.05) is 6.54 Å². The van der Waals surface area contributed by atoms with Crippen molar-refractivity contribution in [2.24, 2.45) is 23.2 Å². The average Bonchev–Trinajstić information content (AvgIpc) is 3.51. The Morgan fingerprint density at radius 3 is 2.66 bits per heavy atom. The zero-order valence-corrected chi connectivity index (χ0v) is 25.3. The molecule has 0 unspecified atom stereocenters. The van der Waals surface area contributed by atoms with E-state index in [1.807, 2.05) is 16.8 Å². The predicted octanol–water partition coefficient (Wildman–Crippen LogP) is 2.66. The number of amides is 2. The summed E-state index contributed by atoms with van der Waals surface area (Å²) in [6, 6.07) is 1.04. The highest BCUT2D eigenvalue weighted by Gasteiger charge is 2.68. The molecule has 6 atom stereocenters. The third kappa shape index (κ3) is 7.21. The van der Waals surface area contributed by atoms with Gasteiger partial charge in [0.15, 0.2) is 5.03 Å². The third-order valence-electron chi connectivity index (χ3n) is 9.12. The lowest BCUT2D eigenvalue weighted by atomic mass is 9.43. The van der Waals surface area contributed by atoms with Crippen molar-refractivity contribution in [1.29, 1.82) is 5.41 Å². The number of hydrogen-bond acceptors (Lipinski definition) is 8. The molecular weight excluding hydrogens is 547 g/mol. The summed E-state index contributed by atoms with van der Waals surface area (Å²) >= 11 is 1.50. The van der Waals surface area contributed by atoms with Crippen LogP contribution in [-0.4, -0.2) is 60.2 Å². The first-order valence-corrected chi connectivity index (χ1v) is 15.4. The molecule has 0 spiro atoms. The van der Waals surface area contributed by atoms with Crippen LogP contribution in [0.5, 0.6) is 0 Å². The van der Waals surface area contributed by atoms with Gasteiger partial charge in [0.25, 0.3) is 5.96 Å². The summed E-state index contributed by atoms with van der Waals surface area (Å²) in [7, 11) is -0.580. The minimum atomic E-state index is -0.832. The predicted molar refractivity (Wildman–Crippen MR) is 157 cm³/mol. The number of nitro groups is 1. The second-order valence-electron chi connectivity index (χ2n) is 12.8. The first kappa shape index (κ1) is 31.2. The molecule has 1 saturated heterocycles. The number of hydrazine groups is 1. The number of carbonyl (C=O) groups excluding carboxylic acids is 2. The van der Waals surface area contributed by atoms with Gasteiger partial charge in [0.2, 0.25) is 11.8 Å². The van der Waals surface area contributed by atoms with Crippen LogP contribution in [0, 0.1) is 38.7 Å². The highest BCUT2D eigenvalue weighted by molar-refractivity contribution is 7.08. The van der Waals surface area contributed by atoms with Crippen LogP contribution in [-0.2, 0) is 25.3 Å². The molecule has 3 aliphatic carbocycles. The molecule has 5 rings (SSSR count). The SMILES string of the molecule is CC(C)C[C@H](NC(=O)[C@H](CCCNC(=N)N[N+](=O)[O-])NC(=O)Cc1ccsc1)B1O[C@@H]2C[C@@H]3C[C@@H](C3(C)C)[C@]2(C)O1. The first-order chi connectivity index (χ1) is 19.3. The fraction of sp³-hybridized carbons (Fsp3) is 0.741. The van der Waals surface area contributed by atoms with Gasteiger partial charge >= 0.3 is 7.12 Å². The van der Waals surface area contributed by atoms with Crippen molar-refractivity contribution < 1.29 is 23.9 Å². The van der Waals surface area contributed by atoms with E-state index in [4.69, 9.17) is 14.7 Å². The Morgan fingerprint density at radius 1 is 1.27 bits per heavy atom. The van der Waals surface area contributed by atoms with E-state index in [2.05, 4.69) is 50.6 Å². The van der Waals surface area contributed by atoms with Crippen LogP contribution < -0.4 is 21.4 Å². The van der Waals surface area contributed by atoms with Gasteiger partial charge < -0.3 is 25.3 Å². The molecule has 0 aromatic carbocycles. The molecule has 4 aliphatic rings. The van der Waals surface area contributed by atoms with Crippen molar-refractivity contribution in [1.82, 2.24) is 21.4 Å². The van der Waals surface area contributed by atoms with Gasteiger partial charge in [-0.25, -0.2) is 10.1 Å². The fourth-order valence-electron chi connectivity index (χ4n) is 6.84. The molecule has 0 radical (unpaired) electrons. The van der Waals surface area contributed by atoms with Crippen LogP contribution in [0.2, 0.25) is 0 Å². The Kier molecular flexibility index (Phi) is 9.64. The van der Waals surface area contributed by atoms with Gasteiger partial charge in [-0.05, 0) is 84.6 Å². The summed E-state index contributed by atoms with van der Waals surface area (Å²) in [5, 5.41) is 29.7. The smallest absolute Gasteiger partial charge is 0.404 e. The van der Waals surface area contributed by atoms with Crippen molar-refractivity contribution in [2.45, 2.75) is 96.8 Å². The quantitative estimate of drug-likeness (QED) is 0.0584. The van der Waals surface area contributed by atoms with Crippen LogP contribution in [0.15, 0.2) is 16.8 Å². The van der Waals surface area contributed by atoms with Gasteiger partial charge in [-0.1, -0.05) is 33.1 Å². The lowest BCUT2D eigenvalue weighted by molar-refractivity contribution is -0.525. The van der Waals surface area contributed by atoms with Gasteiger partial charge in [-0.3, -0.25) is 15.0 Å². The van der Waals surface area contributed by atoms with Crippen molar-refractivity contribution >= 4 is 36.2 Å². The van der Waals surface area contributed by atoms with E-state index in [0.717, 1.165) is 18.4 Å². The minimum Gasteiger partial charge on any atom is -0.404 e. The summed E-state index contributed by atoms with van der Waals surface area (Å²) in [5.41, 5.74) is 2.42. The second-order valence-corrected chi connectivity index (χ2v) is 13.6. The maximum atomic E-state index is 13.7. The molecule has 4 fully saturated rings. The number of nitrogens with one attached hydrogen (secondary N) is 5. The van der Waals surface area contributed by atoms with Crippen molar-refractivity contribution in [3.05, 3.63) is 32.5 Å². The minimum absolute atomic E-state index is 0.00822. The lowest BCUT2D eigenvalue weighted by Gasteiger charge is -2.64. The Labute approximate surface area is 245 Å². The number of guanidine groups is 1. The monoisotopic (exact) mass is 590 g/mol. The highest BCUT2D eigenvalue weighted by atomic mass is 32.1. The van der Waals surface area contributed by atoms with Gasteiger partial charge in [-0.2, -0.15) is 11.3 Å². The van der Waals surface area contributed by atoms with Gasteiger partial charge in [-0.15, -0.1) is 0 Å². The number of carbonyl (C=O) groups is 2. The second kappa shape index (κ2) is 12.7. The summed E-state index contributed by atoms with van der Waals surface area (Å²) < 4.78 is 13.2. The Morgan fingerprint density at radius 2 is 2.02 bits per heavy atom. The van der Waals surface area contributed by atoms with E-state index >= 15 is 0 Å². The summed E-state index contributed by atoms with van der Waals surface area (Å²) in [6.45, 7) is 11.2. The van der Waals surface area contributed by atoms with E-state index in [-0.39, 0.29) is 48.6 Å². The lowest BCUT2D eigenvalue weighted by Crippen LogP contribution is -2.65. The number of hydrogen-bond donors (Lipinski definition) is 5. The average molecular weight is 591 g/mol. The summed E-state index contributed by atoms with van der Waals surface area (Å²) in [6.07, 6.45) is 3.56. The molecule has 14 heteroatoms. The van der Waals surface area contributed by atoms with E-state index in [1.54, 1.807) is 5.43 Å². The standard InChI is InChI=1S/C27H43BN6O6S/c1-16(2)11-22(28-39-21-14-18-13-20(26(18,3)4)27(21,5)40-28)32-24(36)19(7-6-9-30-25(29)33-34(37)38)31-23(35)12-17-8-10-41-15-17/h8,10,15-16,18-22H,6-7,9,11-14H2,1-5H3,(H,31,35)(H,32,36)(H3,29,30,33)/t18-,19-,20-,21+,22-,27-/m0/s1. The van der Waals surface area contributed by atoms with E-state index in [0.29, 0.717) is 24.7 Å². The highest BCUT2D eigenvalue weighted by Crippen LogP contribution is 2.65. The zero-order valence-electron chi connectivity index (χ0n) is 24.5. The van der Waals surface area contributed by atoms with Crippen LogP contribution in [0.1, 0.15) is 72.3 Å². The van der Waals surface area contributed by atoms with Gasteiger partial charge in [0.1, 0.15) is 6.04 Å².